The molecule has 0 bridgehead atoms. The number of methoxy groups -OCH3 is 2. The first-order chi connectivity index (χ1) is 26.0. The highest BCUT2D eigenvalue weighted by molar-refractivity contribution is 6.15. The van der Waals surface area contributed by atoms with Crippen molar-refractivity contribution >= 4 is 36.3 Å². The van der Waals surface area contributed by atoms with Crippen molar-refractivity contribution in [3.05, 3.63) is 94.9 Å². The van der Waals surface area contributed by atoms with Crippen molar-refractivity contribution in [3.8, 4) is 0 Å². The van der Waals surface area contributed by atoms with Crippen LogP contribution >= 0.6 is 0 Å². The van der Waals surface area contributed by atoms with E-state index in [1.807, 2.05) is 0 Å². The summed E-state index contributed by atoms with van der Waals surface area (Å²) >= 11 is 0. The number of ether oxygens (including phenoxy) is 10. The maximum atomic E-state index is 12.9. The van der Waals surface area contributed by atoms with Crippen LogP contribution < -0.4 is 0 Å². The summed E-state index contributed by atoms with van der Waals surface area (Å²) < 4.78 is 52.3. The molecule has 0 amide bonds. The van der Waals surface area contributed by atoms with E-state index < -0.39 is 70.5 Å². The molecule has 4 aliphatic rings. The first-order valence-corrected chi connectivity index (χ1v) is 16.6. The van der Waals surface area contributed by atoms with E-state index in [4.69, 9.17) is 47.4 Å². The fourth-order valence-electron chi connectivity index (χ4n) is 5.47. The lowest BCUT2D eigenvalue weighted by molar-refractivity contribution is -0.297. The molecule has 0 aromatic heterocycles. The topological polar surface area (TPSA) is 235 Å². The Hall–Kier alpha value is -6.14. The Morgan fingerprint density at radius 2 is 1.27 bits per heavy atom. The summed E-state index contributed by atoms with van der Waals surface area (Å²) in [6, 6.07) is 0. The molecule has 1 saturated carbocycles. The first-order valence-electron chi connectivity index (χ1n) is 16.6. The summed E-state index contributed by atoms with van der Waals surface area (Å²) in [7, 11) is 2.72. The smallest absolute Gasteiger partial charge is 0.348 e. The van der Waals surface area contributed by atoms with Gasteiger partial charge >= 0.3 is 29.8 Å². The van der Waals surface area contributed by atoms with Crippen LogP contribution in [0.15, 0.2) is 94.9 Å². The molecule has 1 aliphatic carbocycles. The van der Waals surface area contributed by atoms with Crippen LogP contribution in [-0.4, -0.2) is 97.1 Å². The fraction of sp³-hybridized carbons (Fsp3) is 0.405. The Morgan fingerprint density at radius 1 is 0.745 bits per heavy atom. The highest BCUT2D eigenvalue weighted by Crippen LogP contribution is 2.45. The zero-order chi connectivity index (χ0) is 40.4. The molecule has 2 atom stereocenters. The van der Waals surface area contributed by atoms with Crippen molar-refractivity contribution in [1.82, 2.24) is 0 Å². The largest absolute Gasteiger partial charge is 0.480 e. The predicted molar refractivity (Wildman–Crippen MR) is 182 cm³/mol. The Kier molecular flexibility index (Phi) is 13.1. The van der Waals surface area contributed by atoms with E-state index in [1.54, 1.807) is 0 Å². The molecule has 2 unspecified atom stereocenters. The Morgan fingerprint density at radius 3 is 1.80 bits per heavy atom. The van der Waals surface area contributed by atoms with E-state index >= 15 is 0 Å². The summed E-state index contributed by atoms with van der Waals surface area (Å²) in [6.45, 7) is 4.06. The summed E-state index contributed by atoms with van der Waals surface area (Å²) in [6.07, 6.45) is 12.8. The van der Waals surface area contributed by atoms with Gasteiger partial charge in [-0.1, -0.05) is 42.5 Å². The quantitative estimate of drug-likeness (QED) is 0.0490. The maximum Gasteiger partial charge on any atom is 0.348 e. The van der Waals surface area contributed by atoms with Gasteiger partial charge in [0.15, 0.2) is 0 Å². The molecule has 4 rings (SSSR count). The number of aliphatic hydroxyl groups is 2. The average Bonchev–Trinajstić information content (AvgIpc) is 3.09. The third kappa shape index (κ3) is 10.3. The molecule has 2 fully saturated rings. The molecule has 2 N–H and O–H groups in total. The standard InChI is InChI=1S/C37H40O18/c1-23(27(39)49-34(2,20-46-4)48-22-38)12-8-6-9-14-25-30(42)52-36(53-31(25)43)16-18-37(19-17-36)54-32(44)26(33(45)55-37)15-11-7-10-13-24-28(40)50-35(3,21-47-5)51-29(24)41/h6-15,22,40,42H,16-21H2,1-5H3/b8-6?,11-7+,13-10+,14-9?,23-12?,26-15?. The molecule has 55 heavy (non-hydrogen) atoms. The zero-order valence-corrected chi connectivity index (χ0v) is 30.5. The Balaban J connectivity index is 1.31. The Labute approximate surface area is 314 Å². The van der Waals surface area contributed by atoms with Gasteiger partial charge in [-0.3, -0.25) is 4.79 Å². The molecule has 3 aliphatic heterocycles. The number of hydrogen-bond donors (Lipinski definition) is 2. The monoisotopic (exact) mass is 772 g/mol. The van der Waals surface area contributed by atoms with Gasteiger partial charge in [0, 0.05) is 59.3 Å². The second kappa shape index (κ2) is 17.3. The zero-order valence-electron chi connectivity index (χ0n) is 30.5. The van der Waals surface area contributed by atoms with Crippen LogP contribution in [0.25, 0.3) is 0 Å². The minimum absolute atomic E-state index is 0.106. The van der Waals surface area contributed by atoms with Crippen LogP contribution in [-0.2, 0) is 76.1 Å². The highest BCUT2D eigenvalue weighted by atomic mass is 16.8. The third-order valence-electron chi connectivity index (χ3n) is 8.17. The lowest BCUT2D eigenvalue weighted by Gasteiger charge is -2.46. The van der Waals surface area contributed by atoms with Crippen LogP contribution in [0.2, 0.25) is 0 Å². The van der Waals surface area contributed by atoms with Gasteiger partial charge in [0.25, 0.3) is 41.5 Å². The molecule has 18 heteroatoms. The molecular formula is C37H40O18. The molecule has 18 nitrogen and oxygen atoms in total. The van der Waals surface area contributed by atoms with Gasteiger partial charge in [0.2, 0.25) is 0 Å². The summed E-state index contributed by atoms with van der Waals surface area (Å²) in [5.41, 5.74) is -0.832. The average molecular weight is 773 g/mol. The number of rotatable bonds is 14. The van der Waals surface area contributed by atoms with Gasteiger partial charge in [-0.2, -0.15) is 0 Å². The molecule has 0 aromatic rings. The number of carbonyl (C=O) groups excluding carboxylic acids is 6. The molecule has 3 heterocycles. The SMILES string of the molecule is COCC(C)(OC=O)OC(=O)C(C)=CC=CC=CC1=C(O)OC2(CCC3(CC2)OC(=O)C(=C/C=C/C=C/C2=C(O)OC(C)(COC)OC2=O)C(=O)O3)OC1=O. The van der Waals surface area contributed by atoms with E-state index in [9.17, 15) is 39.0 Å². The van der Waals surface area contributed by atoms with Crippen molar-refractivity contribution < 1.29 is 86.3 Å². The normalized spacial score (nSPS) is 27.2. The van der Waals surface area contributed by atoms with Gasteiger partial charge in [-0.25, -0.2) is 24.0 Å². The van der Waals surface area contributed by atoms with Crippen LogP contribution in [0.5, 0.6) is 0 Å². The summed E-state index contributed by atoms with van der Waals surface area (Å²) in [5.74, 6) is -12.2. The van der Waals surface area contributed by atoms with Gasteiger partial charge in [0.05, 0.1) is 0 Å². The van der Waals surface area contributed by atoms with Crippen LogP contribution in [0.1, 0.15) is 46.5 Å². The minimum atomic E-state index is -1.66. The van der Waals surface area contributed by atoms with Crippen LogP contribution in [0.3, 0.4) is 0 Å². The van der Waals surface area contributed by atoms with Crippen molar-refractivity contribution in [1.29, 1.82) is 0 Å². The van der Waals surface area contributed by atoms with E-state index in [2.05, 4.69) is 0 Å². The lowest BCUT2D eigenvalue weighted by atomic mass is 9.87. The highest BCUT2D eigenvalue weighted by Gasteiger charge is 2.56. The second-order valence-corrected chi connectivity index (χ2v) is 12.7. The number of carbonyl (C=O) groups is 6. The van der Waals surface area contributed by atoms with Gasteiger partial charge < -0.3 is 57.6 Å². The molecule has 1 saturated heterocycles. The summed E-state index contributed by atoms with van der Waals surface area (Å²) in [4.78, 5) is 73.9. The van der Waals surface area contributed by atoms with Crippen LogP contribution in [0.4, 0.5) is 0 Å². The number of cyclic esters (lactones) is 1. The maximum absolute atomic E-state index is 12.9. The van der Waals surface area contributed by atoms with E-state index in [0.717, 1.165) is 6.08 Å². The third-order valence-corrected chi connectivity index (χ3v) is 8.17. The number of allylic oxidation sites excluding steroid dienone is 8. The van der Waals surface area contributed by atoms with Gasteiger partial charge in [-0.15, -0.1) is 0 Å². The van der Waals surface area contributed by atoms with Gasteiger partial charge in [-0.05, 0) is 25.2 Å². The van der Waals surface area contributed by atoms with Crippen molar-refractivity contribution in [3.63, 3.8) is 0 Å². The van der Waals surface area contributed by atoms with E-state index in [1.165, 1.54) is 89.7 Å². The van der Waals surface area contributed by atoms with Crippen molar-refractivity contribution in [2.45, 2.75) is 69.6 Å². The second-order valence-electron chi connectivity index (χ2n) is 12.7. The van der Waals surface area contributed by atoms with Gasteiger partial charge in [0.1, 0.15) is 29.9 Å². The number of aliphatic hydroxyl groups excluding tert-OH is 2. The first kappa shape index (κ1) is 41.6. The Bertz CT molecular complexity index is 1790. The van der Waals surface area contributed by atoms with Crippen molar-refractivity contribution in [2.75, 3.05) is 27.4 Å². The predicted octanol–water partition coefficient (Wildman–Crippen LogP) is 3.28. The lowest BCUT2D eigenvalue weighted by Crippen LogP contribution is -2.54. The molecular weight excluding hydrogens is 732 g/mol. The molecule has 0 aromatic carbocycles. The number of esters is 5. The van der Waals surface area contributed by atoms with E-state index in [0.29, 0.717) is 0 Å². The summed E-state index contributed by atoms with van der Waals surface area (Å²) in [5, 5.41) is 20.7. The van der Waals surface area contributed by atoms with Crippen LogP contribution in [0, 0.1) is 0 Å². The molecule has 0 radical (unpaired) electrons. The fourth-order valence-corrected chi connectivity index (χ4v) is 5.47. The molecule has 2 spiro atoms. The molecule has 296 valence electrons. The van der Waals surface area contributed by atoms with E-state index in [-0.39, 0.29) is 62.1 Å². The minimum Gasteiger partial charge on any atom is -0.480 e. The number of hydrogen-bond acceptors (Lipinski definition) is 18. The van der Waals surface area contributed by atoms with Crippen molar-refractivity contribution in [2.24, 2.45) is 0 Å².